The molecule has 2 aromatic carbocycles. The maximum Gasteiger partial charge on any atom is 0.224 e. The van der Waals surface area contributed by atoms with E-state index < -0.39 is 0 Å². The average molecular weight is 390 g/mol. The van der Waals surface area contributed by atoms with E-state index in [-0.39, 0.29) is 18.1 Å². The lowest BCUT2D eigenvalue weighted by atomic mass is 10.1. The number of amides is 1. The largest absolute Gasteiger partial charge is 0.358 e. The van der Waals surface area contributed by atoms with Crippen LogP contribution in [0.1, 0.15) is 28.2 Å². The number of hydrogen-bond donors (Lipinski definition) is 2. The first-order valence-corrected chi connectivity index (χ1v) is 9.58. The SMILES string of the molecule is Cc1nn(-c2ccccc2)c(C)c1CNC(=O)Cc1c(C)[nH]c2ccc(F)cc12. The highest BCUT2D eigenvalue weighted by Gasteiger charge is 2.16. The number of nitrogens with one attached hydrogen (secondary N) is 2. The molecule has 0 saturated carbocycles. The standard InChI is InChI=1S/C23H23FN4O/c1-14-19(20-11-17(24)9-10-22(20)26-14)12-23(29)25-13-21-15(2)27-28(16(21)3)18-7-5-4-6-8-18/h4-11,26H,12-13H2,1-3H3,(H,25,29). The lowest BCUT2D eigenvalue weighted by Gasteiger charge is -2.08. The molecule has 29 heavy (non-hydrogen) atoms. The van der Waals surface area contributed by atoms with Crippen LogP contribution in [0.2, 0.25) is 0 Å². The van der Waals surface area contributed by atoms with Gasteiger partial charge in [-0.05, 0) is 56.7 Å². The molecule has 4 aromatic rings. The minimum atomic E-state index is -0.308. The normalized spacial score (nSPS) is 11.2. The molecule has 0 unspecified atom stereocenters. The fraction of sp³-hybridized carbons (Fsp3) is 0.217. The van der Waals surface area contributed by atoms with Crippen LogP contribution < -0.4 is 5.32 Å². The van der Waals surface area contributed by atoms with Crippen molar-refractivity contribution in [1.29, 1.82) is 0 Å². The second-order valence-electron chi connectivity index (χ2n) is 7.27. The molecule has 2 aromatic heterocycles. The number of para-hydroxylation sites is 1. The third-order valence-corrected chi connectivity index (χ3v) is 5.32. The van der Waals surface area contributed by atoms with Gasteiger partial charge in [0.15, 0.2) is 0 Å². The Kier molecular flexibility index (Phi) is 4.92. The number of carbonyl (C=O) groups excluding carboxylic acids is 1. The van der Waals surface area contributed by atoms with Crippen LogP contribution in [0.15, 0.2) is 48.5 Å². The number of aryl methyl sites for hydroxylation is 2. The number of carbonyl (C=O) groups is 1. The predicted octanol–water partition coefficient (Wildman–Crippen LogP) is 4.28. The molecule has 0 atom stereocenters. The van der Waals surface area contributed by atoms with E-state index in [1.54, 1.807) is 6.07 Å². The topological polar surface area (TPSA) is 62.7 Å². The van der Waals surface area contributed by atoms with E-state index in [4.69, 9.17) is 0 Å². The quantitative estimate of drug-likeness (QED) is 0.534. The summed E-state index contributed by atoms with van der Waals surface area (Å²) >= 11 is 0. The van der Waals surface area contributed by atoms with E-state index in [1.165, 1.54) is 12.1 Å². The van der Waals surface area contributed by atoms with Gasteiger partial charge < -0.3 is 10.3 Å². The van der Waals surface area contributed by atoms with Gasteiger partial charge in [0.1, 0.15) is 5.82 Å². The first-order valence-electron chi connectivity index (χ1n) is 9.58. The molecule has 0 spiro atoms. The number of halogens is 1. The second-order valence-corrected chi connectivity index (χ2v) is 7.27. The molecule has 0 saturated heterocycles. The number of benzene rings is 2. The molecule has 1 amide bonds. The average Bonchev–Trinajstić information content (AvgIpc) is 3.16. The number of aromatic nitrogens is 3. The van der Waals surface area contributed by atoms with Crippen LogP contribution in [0.5, 0.6) is 0 Å². The van der Waals surface area contributed by atoms with E-state index in [0.29, 0.717) is 6.54 Å². The van der Waals surface area contributed by atoms with Gasteiger partial charge in [-0.2, -0.15) is 5.10 Å². The minimum absolute atomic E-state index is 0.107. The van der Waals surface area contributed by atoms with Crippen molar-refractivity contribution in [2.75, 3.05) is 0 Å². The summed E-state index contributed by atoms with van der Waals surface area (Å²) in [6.07, 6.45) is 0.195. The highest BCUT2D eigenvalue weighted by Crippen LogP contribution is 2.24. The van der Waals surface area contributed by atoms with Crippen molar-refractivity contribution in [2.24, 2.45) is 0 Å². The molecular weight excluding hydrogens is 367 g/mol. The molecule has 0 aliphatic heterocycles. The van der Waals surface area contributed by atoms with Gasteiger partial charge in [-0.15, -0.1) is 0 Å². The fourth-order valence-corrected chi connectivity index (χ4v) is 3.74. The molecule has 2 heterocycles. The van der Waals surface area contributed by atoms with Crippen LogP contribution in [-0.4, -0.2) is 20.7 Å². The smallest absolute Gasteiger partial charge is 0.224 e. The van der Waals surface area contributed by atoms with Crippen LogP contribution in [0.4, 0.5) is 4.39 Å². The fourth-order valence-electron chi connectivity index (χ4n) is 3.74. The molecule has 0 fully saturated rings. The summed E-state index contributed by atoms with van der Waals surface area (Å²) in [5.41, 5.74) is 6.42. The van der Waals surface area contributed by atoms with Gasteiger partial charge in [-0.1, -0.05) is 18.2 Å². The summed E-state index contributed by atoms with van der Waals surface area (Å²) in [6.45, 7) is 6.25. The second kappa shape index (κ2) is 7.54. The van der Waals surface area contributed by atoms with Crippen molar-refractivity contribution in [3.8, 4) is 5.69 Å². The third kappa shape index (κ3) is 3.66. The zero-order chi connectivity index (χ0) is 20.5. The van der Waals surface area contributed by atoms with Gasteiger partial charge in [0.05, 0.1) is 17.8 Å². The van der Waals surface area contributed by atoms with Gasteiger partial charge in [0.2, 0.25) is 5.91 Å². The highest BCUT2D eigenvalue weighted by atomic mass is 19.1. The Hall–Kier alpha value is -3.41. The molecule has 0 radical (unpaired) electrons. The Labute approximate surface area is 168 Å². The van der Waals surface area contributed by atoms with Crippen molar-refractivity contribution in [3.05, 3.63) is 82.6 Å². The van der Waals surface area contributed by atoms with Crippen molar-refractivity contribution in [3.63, 3.8) is 0 Å². The predicted molar refractivity (Wildman–Crippen MR) is 112 cm³/mol. The molecule has 4 rings (SSSR count). The Morgan fingerprint density at radius 2 is 1.86 bits per heavy atom. The Morgan fingerprint density at radius 1 is 1.10 bits per heavy atom. The van der Waals surface area contributed by atoms with Gasteiger partial charge in [-0.25, -0.2) is 9.07 Å². The van der Waals surface area contributed by atoms with Crippen LogP contribution in [0.3, 0.4) is 0 Å². The number of H-pyrrole nitrogens is 1. The third-order valence-electron chi connectivity index (χ3n) is 5.32. The van der Waals surface area contributed by atoms with Crippen molar-refractivity contribution in [1.82, 2.24) is 20.1 Å². The molecule has 2 N–H and O–H groups in total. The van der Waals surface area contributed by atoms with Gasteiger partial charge in [0.25, 0.3) is 0 Å². The van der Waals surface area contributed by atoms with Crippen LogP contribution >= 0.6 is 0 Å². The van der Waals surface area contributed by atoms with E-state index >= 15 is 0 Å². The molecule has 148 valence electrons. The highest BCUT2D eigenvalue weighted by molar-refractivity contribution is 5.90. The summed E-state index contributed by atoms with van der Waals surface area (Å²) in [5.74, 6) is -0.415. The zero-order valence-corrected chi connectivity index (χ0v) is 16.7. The summed E-state index contributed by atoms with van der Waals surface area (Å²) in [7, 11) is 0. The first-order chi connectivity index (χ1) is 13.9. The number of hydrogen-bond acceptors (Lipinski definition) is 2. The van der Waals surface area contributed by atoms with Crippen LogP contribution in [0.25, 0.3) is 16.6 Å². The van der Waals surface area contributed by atoms with Crippen molar-refractivity contribution in [2.45, 2.75) is 33.7 Å². The van der Waals surface area contributed by atoms with Crippen molar-refractivity contribution >= 4 is 16.8 Å². The monoisotopic (exact) mass is 390 g/mol. The first kappa shape index (κ1) is 18.9. The molecule has 0 aliphatic rings. The number of nitrogens with zero attached hydrogens (tertiary/aromatic N) is 2. The number of fused-ring (bicyclic) bond motifs is 1. The van der Waals surface area contributed by atoms with Crippen LogP contribution in [0, 0.1) is 26.6 Å². The summed E-state index contributed by atoms with van der Waals surface area (Å²) < 4.78 is 15.5. The minimum Gasteiger partial charge on any atom is -0.358 e. The van der Waals surface area contributed by atoms with Gasteiger partial charge >= 0.3 is 0 Å². The Bertz CT molecular complexity index is 1190. The molecule has 0 aliphatic carbocycles. The Balaban J connectivity index is 1.51. The lowest BCUT2D eigenvalue weighted by molar-refractivity contribution is -0.120. The van der Waals surface area contributed by atoms with E-state index in [1.807, 2.05) is 55.8 Å². The molecule has 5 nitrogen and oxygen atoms in total. The summed E-state index contributed by atoms with van der Waals surface area (Å²) in [6, 6.07) is 14.5. The zero-order valence-electron chi connectivity index (χ0n) is 16.7. The summed E-state index contributed by atoms with van der Waals surface area (Å²) in [4.78, 5) is 15.8. The van der Waals surface area contributed by atoms with Gasteiger partial charge in [-0.3, -0.25) is 4.79 Å². The maximum absolute atomic E-state index is 13.6. The Morgan fingerprint density at radius 3 is 2.62 bits per heavy atom. The number of aromatic amines is 1. The van der Waals surface area contributed by atoms with E-state index in [0.717, 1.165) is 44.8 Å². The molecule has 0 bridgehead atoms. The lowest BCUT2D eigenvalue weighted by Crippen LogP contribution is -2.25. The summed E-state index contributed by atoms with van der Waals surface area (Å²) in [5, 5.41) is 8.36. The van der Waals surface area contributed by atoms with Gasteiger partial charge in [0, 0.05) is 34.4 Å². The van der Waals surface area contributed by atoms with E-state index in [2.05, 4.69) is 15.4 Å². The van der Waals surface area contributed by atoms with Crippen molar-refractivity contribution < 1.29 is 9.18 Å². The molecular formula is C23H23FN4O. The van der Waals surface area contributed by atoms with E-state index in [9.17, 15) is 9.18 Å². The van der Waals surface area contributed by atoms with Crippen LogP contribution in [-0.2, 0) is 17.8 Å². The number of rotatable bonds is 5. The molecule has 6 heteroatoms. The maximum atomic E-state index is 13.6.